The fraction of sp³-hybridized carbons (Fsp3) is 0.600. The number of halogens is 1. The highest BCUT2D eigenvalue weighted by molar-refractivity contribution is 9.10. The van der Waals surface area contributed by atoms with Crippen LogP contribution in [0.25, 0.3) is 0 Å². The molecule has 0 aromatic heterocycles. The molecular weight excluding hydrogens is 306 g/mol. The summed E-state index contributed by atoms with van der Waals surface area (Å²) in [5.41, 5.74) is 0. The van der Waals surface area contributed by atoms with E-state index in [9.17, 15) is 0 Å². The lowest BCUT2D eigenvalue weighted by molar-refractivity contribution is 0.0984. The molecule has 0 radical (unpaired) electrons. The van der Waals surface area contributed by atoms with Crippen molar-refractivity contribution in [2.75, 3.05) is 26.3 Å². The molecule has 1 aromatic rings. The fourth-order valence-electron chi connectivity index (χ4n) is 2.34. The molecule has 0 amide bonds. The Hall–Kier alpha value is -0.580. The van der Waals surface area contributed by atoms with Gasteiger partial charge in [0.05, 0.1) is 0 Å². The topological polar surface area (TPSA) is 32.7 Å². The molecule has 0 unspecified atom stereocenters. The number of hydrogen-bond acceptors (Lipinski definition) is 3. The first-order valence-corrected chi connectivity index (χ1v) is 7.82. The van der Waals surface area contributed by atoms with Gasteiger partial charge in [-0.15, -0.1) is 0 Å². The third kappa shape index (κ3) is 4.79. The van der Waals surface area contributed by atoms with Crippen LogP contribution in [-0.4, -0.2) is 42.4 Å². The number of aliphatic hydroxyl groups excluding tert-OH is 1. The van der Waals surface area contributed by atoms with Crippen molar-refractivity contribution < 1.29 is 9.84 Å². The van der Waals surface area contributed by atoms with Gasteiger partial charge in [0.25, 0.3) is 0 Å². The zero-order valence-electron chi connectivity index (χ0n) is 11.2. The van der Waals surface area contributed by atoms with Crippen LogP contribution in [0, 0.1) is 0 Å². The summed E-state index contributed by atoms with van der Waals surface area (Å²) in [6.45, 7) is 2.90. The second kappa shape index (κ2) is 7.88. The minimum absolute atomic E-state index is 0.274. The van der Waals surface area contributed by atoms with Gasteiger partial charge in [0, 0.05) is 30.2 Å². The van der Waals surface area contributed by atoms with Gasteiger partial charge in [0.1, 0.15) is 12.4 Å². The third-order valence-electron chi connectivity index (χ3n) is 3.64. The fourth-order valence-corrected chi connectivity index (χ4v) is 2.72. The predicted molar refractivity (Wildman–Crippen MR) is 80.6 cm³/mol. The molecular formula is C15H22BrNO2. The van der Waals surface area contributed by atoms with Gasteiger partial charge in [0.15, 0.2) is 0 Å². The molecule has 1 N–H and O–H groups in total. The highest BCUT2D eigenvalue weighted by Gasteiger charge is 2.24. The van der Waals surface area contributed by atoms with Gasteiger partial charge < -0.3 is 9.84 Å². The summed E-state index contributed by atoms with van der Waals surface area (Å²) in [5, 5.41) is 8.96. The number of ether oxygens (including phenoxy) is 1. The summed E-state index contributed by atoms with van der Waals surface area (Å²) in [7, 11) is 0. The van der Waals surface area contributed by atoms with Crippen molar-refractivity contribution in [3.05, 3.63) is 28.7 Å². The molecule has 4 heteroatoms. The summed E-state index contributed by atoms with van der Waals surface area (Å²) in [4.78, 5) is 2.46. The third-order valence-corrected chi connectivity index (χ3v) is 4.13. The summed E-state index contributed by atoms with van der Waals surface area (Å²) in [6.07, 6.45) is 4.78. The maximum absolute atomic E-state index is 8.96. The van der Waals surface area contributed by atoms with Crippen LogP contribution in [0.1, 0.15) is 25.7 Å². The van der Waals surface area contributed by atoms with Gasteiger partial charge in [-0.25, -0.2) is 0 Å². The quantitative estimate of drug-likeness (QED) is 0.796. The Morgan fingerprint density at radius 3 is 2.79 bits per heavy atom. The molecule has 0 spiro atoms. The molecule has 0 aliphatic heterocycles. The van der Waals surface area contributed by atoms with Gasteiger partial charge >= 0.3 is 0 Å². The molecule has 0 bridgehead atoms. The molecule has 1 aliphatic carbocycles. The number of hydrogen-bond donors (Lipinski definition) is 1. The van der Waals surface area contributed by atoms with Gasteiger partial charge in [-0.3, -0.25) is 4.90 Å². The molecule has 1 aromatic carbocycles. The Kier molecular flexibility index (Phi) is 6.14. The Bertz CT molecular complexity index is 382. The zero-order valence-corrected chi connectivity index (χ0v) is 12.8. The van der Waals surface area contributed by atoms with Crippen LogP contribution in [0.15, 0.2) is 28.7 Å². The molecule has 0 heterocycles. The summed E-state index contributed by atoms with van der Waals surface area (Å²) >= 11 is 3.44. The number of benzene rings is 1. The van der Waals surface area contributed by atoms with Crippen LogP contribution in [0.3, 0.4) is 0 Å². The lowest BCUT2D eigenvalue weighted by Crippen LogP contribution is -2.43. The summed E-state index contributed by atoms with van der Waals surface area (Å²) in [6, 6.07) is 8.65. The highest BCUT2D eigenvalue weighted by atomic mass is 79.9. The van der Waals surface area contributed by atoms with E-state index in [0.29, 0.717) is 12.6 Å². The van der Waals surface area contributed by atoms with Gasteiger partial charge in [-0.1, -0.05) is 28.4 Å². The highest BCUT2D eigenvalue weighted by Crippen LogP contribution is 2.25. The van der Waals surface area contributed by atoms with Crippen LogP contribution >= 0.6 is 15.9 Å². The minimum Gasteiger partial charge on any atom is -0.492 e. The van der Waals surface area contributed by atoms with Crippen molar-refractivity contribution in [1.82, 2.24) is 4.90 Å². The first-order chi connectivity index (χ1) is 9.29. The van der Waals surface area contributed by atoms with E-state index < -0.39 is 0 Å². The zero-order chi connectivity index (χ0) is 13.5. The van der Waals surface area contributed by atoms with E-state index in [0.717, 1.165) is 29.7 Å². The van der Waals surface area contributed by atoms with Crippen LogP contribution in [0.5, 0.6) is 5.75 Å². The first-order valence-electron chi connectivity index (χ1n) is 7.03. The molecule has 3 nitrogen and oxygen atoms in total. The Balaban J connectivity index is 1.75. The van der Waals surface area contributed by atoms with Gasteiger partial charge in [-0.05, 0) is 37.5 Å². The lowest BCUT2D eigenvalue weighted by atomic mass is 9.91. The Labute approximate surface area is 123 Å². The molecule has 1 fully saturated rings. The molecule has 1 saturated carbocycles. The maximum atomic E-state index is 8.96. The lowest BCUT2D eigenvalue weighted by Gasteiger charge is -2.37. The largest absolute Gasteiger partial charge is 0.492 e. The normalized spacial score (nSPS) is 15.5. The van der Waals surface area contributed by atoms with E-state index >= 15 is 0 Å². The maximum Gasteiger partial charge on any atom is 0.120 e. The second-order valence-corrected chi connectivity index (χ2v) is 5.92. The van der Waals surface area contributed by atoms with Crippen LogP contribution < -0.4 is 4.74 Å². The molecule has 0 saturated heterocycles. The van der Waals surface area contributed by atoms with Crippen molar-refractivity contribution in [1.29, 1.82) is 0 Å². The van der Waals surface area contributed by atoms with Crippen molar-refractivity contribution in [3.63, 3.8) is 0 Å². The van der Waals surface area contributed by atoms with E-state index in [4.69, 9.17) is 9.84 Å². The van der Waals surface area contributed by atoms with Crippen molar-refractivity contribution in [2.45, 2.75) is 31.7 Å². The smallest absolute Gasteiger partial charge is 0.120 e. The van der Waals surface area contributed by atoms with E-state index in [2.05, 4.69) is 20.8 Å². The molecule has 2 rings (SSSR count). The first kappa shape index (κ1) is 14.8. The van der Waals surface area contributed by atoms with Gasteiger partial charge in [-0.2, -0.15) is 0 Å². The van der Waals surface area contributed by atoms with E-state index in [1.54, 1.807) is 0 Å². The average molecular weight is 328 g/mol. The van der Waals surface area contributed by atoms with Gasteiger partial charge in [0.2, 0.25) is 0 Å². The van der Waals surface area contributed by atoms with Crippen molar-refractivity contribution in [3.8, 4) is 5.75 Å². The Morgan fingerprint density at radius 2 is 2.16 bits per heavy atom. The molecule has 0 atom stereocenters. The predicted octanol–water partition coefficient (Wildman–Crippen LogP) is 3.06. The molecule has 106 valence electrons. The van der Waals surface area contributed by atoms with Crippen LogP contribution in [0.2, 0.25) is 0 Å². The monoisotopic (exact) mass is 327 g/mol. The van der Waals surface area contributed by atoms with Crippen LogP contribution in [-0.2, 0) is 0 Å². The number of rotatable bonds is 8. The van der Waals surface area contributed by atoms with Crippen molar-refractivity contribution >= 4 is 15.9 Å². The second-order valence-electron chi connectivity index (χ2n) is 5.00. The molecule has 19 heavy (non-hydrogen) atoms. The number of aliphatic hydroxyl groups is 1. The number of nitrogens with zero attached hydrogens (tertiary/aromatic N) is 1. The SMILES string of the molecule is OCCCN(CCOc1cccc(Br)c1)C1CCC1. The van der Waals surface area contributed by atoms with Crippen LogP contribution in [0.4, 0.5) is 0 Å². The minimum atomic E-state index is 0.274. The molecule has 1 aliphatic rings. The van der Waals surface area contributed by atoms with E-state index in [1.807, 2.05) is 24.3 Å². The van der Waals surface area contributed by atoms with E-state index in [-0.39, 0.29) is 6.61 Å². The van der Waals surface area contributed by atoms with E-state index in [1.165, 1.54) is 19.3 Å². The summed E-state index contributed by atoms with van der Waals surface area (Å²) < 4.78 is 6.82. The average Bonchev–Trinajstić information content (AvgIpc) is 2.33. The Morgan fingerprint density at radius 1 is 1.32 bits per heavy atom. The standard InChI is InChI=1S/C15H22BrNO2/c16-13-4-1-7-15(12-13)19-11-9-17(8-3-10-18)14-5-2-6-14/h1,4,7,12,14,18H,2-3,5-6,8-11H2. The van der Waals surface area contributed by atoms with Crippen molar-refractivity contribution in [2.24, 2.45) is 0 Å². The summed E-state index contributed by atoms with van der Waals surface area (Å²) in [5.74, 6) is 0.907.